The van der Waals surface area contributed by atoms with Gasteiger partial charge >= 0.3 is 0 Å². The Bertz CT molecular complexity index is 3630. The molecule has 0 N–H and O–H groups in total. The topological polar surface area (TPSA) is 43.6 Å². The molecule has 0 unspecified atom stereocenters. The summed E-state index contributed by atoms with van der Waals surface area (Å²) in [7, 11) is 0. The van der Waals surface area contributed by atoms with Crippen LogP contribution in [0.2, 0.25) is 0 Å². The molecule has 0 bridgehead atoms. The number of fused-ring (bicyclic) bond motifs is 6. The fourth-order valence-electron chi connectivity index (χ4n) is 8.84. The van der Waals surface area contributed by atoms with Crippen molar-refractivity contribution in [2.24, 2.45) is 0 Å². The molecule has 9 aromatic carbocycles. The molecule has 0 spiro atoms. The van der Waals surface area contributed by atoms with E-state index in [4.69, 9.17) is 15.0 Å². The number of hydrogen-bond acceptors (Lipinski definition) is 4. The number of para-hydroxylation sites is 1. The predicted octanol–water partition coefficient (Wildman–Crippen LogP) is 15.3. The SMILES string of the molecule is c1ccc(-c2ccc(-c3nc(-c4ccccc4)nc(-c4cccc(-c5ccc6sc7ccccc7c6c5)c4)n3)c(-n3c4ccccc4c4ccc(-c5ccccc5)cc43)c2)cc1. The molecular formula is C57H36N4S. The van der Waals surface area contributed by atoms with Crippen molar-refractivity contribution in [1.29, 1.82) is 0 Å². The Morgan fingerprint density at radius 1 is 0.290 bits per heavy atom. The third-order valence-electron chi connectivity index (χ3n) is 11.9. The minimum atomic E-state index is 0.602. The molecule has 0 saturated carbocycles. The van der Waals surface area contributed by atoms with Gasteiger partial charge in [0.1, 0.15) is 0 Å². The Morgan fingerprint density at radius 2 is 0.806 bits per heavy atom. The van der Waals surface area contributed by atoms with Gasteiger partial charge in [-0.1, -0.05) is 170 Å². The number of aromatic nitrogens is 4. The largest absolute Gasteiger partial charge is 0.308 e. The number of benzene rings is 9. The highest BCUT2D eigenvalue weighted by Gasteiger charge is 2.21. The van der Waals surface area contributed by atoms with Crippen LogP contribution in [0.1, 0.15) is 0 Å². The van der Waals surface area contributed by atoms with Gasteiger partial charge in [-0.15, -0.1) is 11.3 Å². The molecular weight excluding hydrogens is 773 g/mol. The first-order valence-electron chi connectivity index (χ1n) is 20.8. The van der Waals surface area contributed by atoms with E-state index in [1.807, 2.05) is 29.5 Å². The lowest BCUT2D eigenvalue weighted by atomic mass is 10.00. The van der Waals surface area contributed by atoms with Crippen molar-refractivity contribution in [2.45, 2.75) is 0 Å². The van der Waals surface area contributed by atoms with Gasteiger partial charge in [-0.25, -0.2) is 15.0 Å². The van der Waals surface area contributed by atoms with Crippen LogP contribution in [0.15, 0.2) is 218 Å². The first-order chi connectivity index (χ1) is 30.7. The van der Waals surface area contributed by atoms with Crippen LogP contribution >= 0.6 is 11.3 Å². The molecule has 0 radical (unpaired) electrons. The molecule has 3 heterocycles. The van der Waals surface area contributed by atoms with Gasteiger partial charge in [-0.3, -0.25) is 0 Å². The van der Waals surface area contributed by atoms with Crippen molar-refractivity contribution in [3.05, 3.63) is 218 Å². The summed E-state index contributed by atoms with van der Waals surface area (Å²) in [5.74, 6) is 1.84. The zero-order valence-electron chi connectivity index (χ0n) is 33.5. The summed E-state index contributed by atoms with van der Waals surface area (Å²) in [6.45, 7) is 0. The predicted molar refractivity (Wildman–Crippen MR) is 260 cm³/mol. The third kappa shape index (κ3) is 6.26. The molecule has 5 heteroatoms. The summed E-state index contributed by atoms with van der Waals surface area (Å²) >= 11 is 1.84. The van der Waals surface area contributed by atoms with Crippen molar-refractivity contribution in [3.8, 4) is 73.2 Å². The van der Waals surface area contributed by atoms with Gasteiger partial charge in [-0.05, 0) is 81.9 Å². The van der Waals surface area contributed by atoms with Crippen LogP contribution in [0.3, 0.4) is 0 Å². The lowest BCUT2D eigenvalue weighted by Crippen LogP contribution is -2.04. The minimum absolute atomic E-state index is 0.602. The molecule has 0 fully saturated rings. The highest BCUT2D eigenvalue weighted by Crippen LogP contribution is 2.41. The first-order valence-corrected chi connectivity index (χ1v) is 21.7. The Morgan fingerprint density at radius 3 is 1.58 bits per heavy atom. The fourth-order valence-corrected chi connectivity index (χ4v) is 9.93. The van der Waals surface area contributed by atoms with Crippen LogP contribution < -0.4 is 0 Å². The number of rotatable bonds is 7. The highest BCUT2D eigenvalue weighted by molar-refractivity contribution is 7.25. The zero-order valence-corrected chi connectivity index (χ0v) is 34.3. The average Bonchev–Trinajstić information content (AvgIpc) is 3.89. The van der Waals surface area contributed by atoms with E-state index in [1.54, 1.807) is 0 Å². The van der Waals surface area contributed by atoms with Crippen LogP contribution in [-0.4, -0.2) is 19.5 Å². The molecule has 0 aliphatic rings. The summed E-state index contributed by atoms with van der Waals surface area (Å²) < 4.78 is 4.98. The summed E-state index contributed by atoms with van der Waals surface area (Å²) in [6.07, 6.45) is 0. The summed E-state index contributed by atoms with van der Waals surface area (Å²) in [5.41, 5.74) is 12.8. The quantitative estimate of drug-likeness (QED) is 0.161. The van der Waals surface area contributed by atoms with Crippen molar-refractivity contribution < 1.29 is 0 Å². The molecule has 0 atom stereocenters. The molecule has 4 nitrogen and oxygen atoms in total. The zero-order chi connectivity index (χ0) is 41.0. The molecule has 0 amide bonds. The van der Waals surface area contributed by atoms with Gasteiger partial charge < -0.3 is 4.57 Å². The van der Waals surface area contributed by atoms with Crippen LogP contribution in [0, 0.1) is 0 Å². The lowest BCUT2D eigenvalue weighted by molar-refractivity contribution is 1.06. The molecule has 12 rings (SSSR count). The van der Waals surface area contributed by atoms with E-state index in [2.05, 4.69) is 205 Å². The van der Waals surface area contributed by atoms with Crippen molar-refractivity contribution in [1.82, 2.24) is 19.5 Å². The second-order valence-electron chi connectivity index (χ2n) is 15.6. The van der Waals surface area contributed by atoms with E-state index in [-0.39, 0.29) is 0 Å². The fraction of sp³-hybridized carbons (Fsp3) is 0. The van der Waals surface area contributed by atoms with Crippen molar-refractivity contribution >= 4 is 53.3 Å². The summed E-state index contributed by atoms with van der Waals surface area (Å²) in [4.78, 5) is 15.9. The van der Waals surface area contributed by atoms with Crippen molar-refractivity contribution in [2.75, 3.05) is 0 Å². The average molecular weight is 809 g/mol. The molecule has 3 aromatic heterocycles. The molecule has 12 aromatic rings. The number of nitrogens with zero attached hydrogens (tertiary/aromatic N) is 4. The van der Waals surface area contributed by atoms with E-state index < -0.39 is 0 Å². The van der Waals surface area contributed by atoms with E-state index in [0.29, 0.717) is 17.5 Å². The maximum atomic E-state index is 5.38. The number of thiophene rings is 1. The lowest BCUT2D eigenvalue weighted by Gasteiger charge is -2.17. The van der Waals surface area contributed by atoms with Gasteiger partial charge in [0.2, 0.25) is 0 Å². The Kier molecular flexibility index (Phi) is 8.65. The van der Waals surface area contributed by atoms with Crippen LogP contribution in [0.25, 0.3) is 115 Å². The molecule has 0 aliphatic carbocycles. The van der Waals surface area contributed by atoms with Gasteiger partial charge in [-0.2, -0.15) is 0 Å². The Hall–Kier alpha value is -7.99. The standard InChI is InChI=1S/C57H36N4S/c1-4-15-37(16-5-1)42-27-30-46-45-23-10-12-25-50(45)61(51(46)35-42)52-36-43(38-17-6-2-7-18-38)28-31-48(52)57-59-55(39-19-8-3-9-20-39)58-56(60-57)44-22-14-21-40(33-44)41-29-32-54-49(34-41)47-24-11-13-26-53(47)62-54/h1-36H. The highest BCUT2D eigenvalue weighted by atomic mass is 32.1. The second-order valence-corrected chi connectivity index (χ2v) is 16.7. The van der Waals surface area contributed by atoms with Gasteiger partial charge in [0.15, 0.2) is 17.5 Å². The molecule has 62 heavy (non-hydrogen) atoms. The van der Waals surface area contributed by atoms with E-state index in [9.17, 15) is 0 Å². The summed E-state index contributed by atoms with van der Waals surface area (Å²) in [6, 6.07) is 77.6. The van der Waals surface area contributed by atoms with Crippen LogP contribution in [0.5, 0.6) is 0 Å². The Labute approximate surface area is 362 Å². The van der Waals surface area contributed by atoms with Crippen LogP contribution in [-0.2, 0) is 0 Å². The minimum Gasteiger partial charge on any atom is -0.308 e. The monoisotopic (exact) mass is 808 g/mol. The molecule has 0 aliphatic heterocycles. The molecule has 0 saturated heterocycles. The maximum Gasteiger partial charge on any atom is 0.166 e. The van der Waals surface area contributed by atoms with E-state index in [1.165, 1.54) is 36.5 Å². The normalized spacial score (nSPS) is 11.5. The van der Waals surface area contributed by atoms with Gasteiger partial charge in [0, 0.05) is 47.6 Å². The van der Waals surface area contributed by atoms with E-state index >= 15 is 0 Å². The third-order valence-corrected chi connectivity index (χ3v) is 13.0. The maximum absolute atomic E-state index is 5.38. The second kappa shape index (κ2) is 14.9. The number of hydrogen-bond donors (Lipinski definition) is 0. The van der Waals surface area contributed by atoms with Gasteiger partial charge in [0.25, 0.3) is 0 Å². The van der Waals surface area contributed by atoms with Crippen LogP contribution in [0.4, 0.5) is 0 Å². The smallest absolute Gasteiger partial charge is 0.166 e. The van der Waals surface area contributed by atoms with Crippen molar-refractivity contribution in [3.63, 3.8) is 0 Å². The van der Waals surface area contributed by atoms with Gasteiger partial charge in [0.05, 0.1) is 16.7 Å². The summed E-state index contributed by atoms with van der Waals surface area (Å²) in [5, 5.41) is 4.93. The first kappa shape index (κ1) is 35.9. The Balaban J connectivity index is 1.09. The molecule has 290 valence electrons. The van der Waals surface area contributed by atoms with E-state index in [0.717, 1.165) is 61.2 Å².